The van der Waals surface area contributed by atoms with E-state index in [0.717, 1.165) is 41.6 Å². The van der Waals surface area contributed by atoms with Crippen LogP contribution in [0.1, 0.15) is 22.3 Å². The number of hydrogen-bond acceptors (Lipinski definition) is 9. The molecule has 3 aromatic heterocycles. The summed E-state index contributed by atoms with van der Waals surface area (Å²) in [6, 6.07) is 20.1. The molecule has 260 valence electrons. The Balaban J connectivity index is 1.16. The number of anilines is 2. The summed E-state index contributed by atoms with van der Waals surface area (Å²) in [6.45, 7) is 1.98. The number of methoxy groups -OCH3 is 1. The number of pyridine rings is 1. The van der Waals surface area contributed by atoms with Gasteiger partial charge in [-0.25, -0.2) is 18.4 Å². The Labute approximate surface area is 291 Å². The summed E-state index contributed by atoms with van der Waals surface area (Å²) < 4.78 is 43.3. The quantitative estimate of drug-likeness (QED) is 0.199. The molecule has 1 unspecified atom stereocenters. The molecule has 7 rings (SSSR count). The number of fused-ring (bicyclic) bond motifs is 1. The van der Waals surface area contributed by atoms with E-state index in [-0.39, 0.29) is 22.7 Å². The summed E-state index contributed by atoms with van der Waals surface area (Å²) in [5.41, 5.74) is 1.02. The van der Waals surface area contributed by atoms with E-state index in [1.807, 2.05) is 28.9 Å². The van der Waals surface area contributed by atoms with Gasteiger partial charge in [0.15, 0.2) is 23.0 Å². The molecule has 0 saturated carbocycles. The Morgan fingerprint density at radius 1 is 0.980 bits per heavy atom. The zero-order chi connectivity index (χ0) is 35.6. The Morgan fingerprint density at radius 3 is 2.47 bits per heavy atom. The molecular weight excluding hydrogens is 658 g/mol. The fraction of sp³-hybridized carbons (Fsp3) is 0.216. The Kier molecular flexibility index (Phi) is 9.15. The normalized spacial score (nSPS) is 14.3. The molecular formula is C37H34F2N8O4. The van der Waals surface area contributed by atoms with Crippen molar-refractivity contribution in [2.75, 3.05) is 44.5 Å². The molecule has 1 saturated heterocycles. The van der Waals surface area contributed by atoms with Gasteiger partial charge in [-0.3, -0.25) is 9.59 Å². The van der Waals surface area contributed by atoms with Gasteiger partial charge in [-0.15, -0.1) is 0 Å². The fourth-order valence-corrected chi connectivity index (χ4v) is 6.06. The highest BCUT2D eigenvalue weighted by atomic mass is 19.1. The van der Waals surface area contributed by atoms with Crippen LogP contribution in [0.5, 0.6) is 17.2 Å². The minimum Gasteiger partial charge on any atom is -0.497 e. The van der Waals surface area contributed by atoms with Crippen LogP contribution in [0.15, 0.2) is 96.1 Å². The molecule has 1 aliphatic rings. The zero-order valence-electron chi connectivity index (χ0n) is 28.1. The van der Waals surface area contributed by atoms with Crippen molar-refractivity contribution in [3.8, 4) is 22.9 Å². The number of carbonyl (C=O) groups is 1. The minimum atomic E-state index is -0.766. The van der Waals surface area contributed by atoms with Crippen molar-refractivity contribution in [3.05, 3.63) is 124 Å². The van der Waals surface area contributed by atoms with Crippen molar-refractivity contribution in [2.24, 2.45) is 0 Å². The third-order valence-corrected chi connectivity index (χ3v) is 8.83. The van der Waals surface area contributed by atoms with Gasteiger partial charge in [-0.1, -0.05) is 12.1 Å². The van der Waals surface area contributed by atoms with Gasteiger partial charge >= 0.3 is 0 Å². The van der Waals surface area contributed by atoms with E-state index < -0.39 is 23.1 Å². The van der Waals surface area contributed by atoms with Crippen LogP contribution < -0.4 is 25.2 Å². The zero-order valence-corrected chi connectivity index (χ0v) is 28.1. The second-order valence-corrected chi connectivity index (χ2v) is 12.3. The average Bonchev–Trinajstić information content (AvgIpc) is 3.77. The third-order valence-electron chi connectivity index (χ3n) is 8.83. The summed E-state index contributed by atoms with van der Waals surface area (Å²) in [7, 11) is 5.73. The van der Waals surface area contributed by atoms with Crippen molar-refractivity contribution >= 4 is 28.4 Å². The number of nitrogens with zero attached hydrogens (tertiary/aromatic N) is 7. The average molecular weight is 693 g/mol. The van der Waals surface area contributed by atoms with Gasteiger partial charge < -0.3 is 24.6 Å². The molecule has 1 atom stereocenters. The fourth-order valence-electron chi connectivity index (χ4n) is 6.06. The SMILES string of the molecule is COc1ccc(Cn2nc(N3CCC(N(C)C)C3)c3c(Oc4ccc(NC(=O)c5ccnn(-c6ccc(F)cc6)c5=O)cc4F)ccnc32)cc1. The topological polar surface area (TPSA) is 120 Å². The van der Waals surface area contributed by atoms with Gasteiger partial charge in [0.1, 0.15) is 28.3 Å². The van der Waals surface area contributed by atoms with Crippen LogP contribution in [0.25, 0.3) is 16.7 Å². The van der Waals surface area contributed by atoms with Crippen LogP contribution in [0.4, 0.5) is 20.3 Å². The maximum absolute atomic E-state index is 15.6. The summed E-state index contributed by atoms with van der Waals surface area (Å²) in [4.78, 5) is 35.2. The molecule has 51 heavy (non-hydrogen) atoms. The third kappa shape index (κ3) is 6.85. The first-order valence-electron chi connectivity index (χ1n) is 16.2. The van der Waals surface area contributed by atoms with Gasteiger partial charge in [0.25, 0.3) is 11.5 Å². The van der Waals surface area contributed by atoms with Crippen LogP contribution in [-0.4, -0.2) is 75.7 Å². The Bertz CT molecular complexity index is 2270. The molecule has 1 amide bonds. The van der Waals surface area contributed by atoms with E-state index in [9.17, 15) is 14.0 Å². The number of likely N-dealkylation sites (N-methyl/N-ethyl adjacent to an activating group) is 1. The van der Waals surface area contributed by atoms with E-state index in [1.54, 1.807) is 19.4 Å². The van der Waals surface area contributed by atoms with Crippen molar-refractivity contribution in [1.82, 2.24) is 29.4 Å². The van der Waals surface area contributed by atoms with Gasteiger partial charge in [-0.2, -0.15) is 14.9 Å². The summed E-state index contributed by atoms with van der Waals surface area (Å²) in [5, 5.41) is 12.2. The molecule has 12 nitrogen and oxygen atoms in total. The highest BCUT2D eigenvalue weighted by Gasteiger charge is 2.30. The standard InChI is InChI=1S/C37H34F2N8O4/c1-44(2)27-16-19-45(22-27)35-33-32(15-17-40-34(33)46(43-35)21-23-4-11-28(50-3)12-5-23)51-31-13-8-25(20-30(31)39)42-36(48)29-14-18-41-47(37(29)49)26-9-6-24(38)7-10-26/h4-15,17-18,20,27H,16,19,21-22H2,1-3H3,(H,42,48). The van der Waals surface area contributed by atoms with Crippen LogP contribution in [-0.2, 0) is 6.54 Å². The first-order chi connectivity index (χ1) is 24.7. The number of carbonyl (C=O) groups excluding carboxylic acids is 1. The molecule has 3 aromatic carbocycles. The smallest absolute Gasteiger partial charge is 0.284 e. The minimum absolute atomic E-state index is 0.0791. The second-order valence-electron chi connectivity index (χ2n) is 12.3. The number of hydrogen-bond donors (Lipinski definition) is 1. The number of nitrogens with one attached hydrogen (secondary N) is 1. The molecule has 14 heteroatoms. The highest BCUT2D eigenvalue weighted by Crippen LogP contribution is 2.38. The summed E-state index contributed by atoms with van der Waals surface area (Å²) in [6.07, 6.45) is 3.83. The van der Waals surface area contributed by atoms with Crippen LogP contribution in [0.3, 0.4) is 0 Å². The van der Waals surface area contributed by atoms with Gasteiger partial charge in [0.05, 0.1) is 19.3 Å². The summed E-state index contributed by atoms with van der Waals surface area (Å²) in [5.74, 6) is -0.245. The van der Waals surface area contributed by atoms with E-state index in [2.05, 4.69) is 39.3 Å². The monoisotopic (exact) mass is 692 g/mol. The Morgan fingerprint density at radius 2 is 1.76 bits per heavy atom. The first-order valence-corrected chi connectivity index (χ1v) is 16.2. The molecule has 0 aliphatic carbocycles. The molecule has 0 bridgehead atoms. The van der Waals surface area contributed by atoms with Crippen molar-refractivity contribution in [1.29, 1.82) is 0 Å². The molecule has 1 aliphatic heterocycles. The number of amides is 1. The Hall–Kier alpha value is -6.15. The van der Waals surface area contributed by atoms with E-state index in [4.69, 9.17) is 14.6 Å². The number of aromatic nitrogens is 5. The van der Waals surface area contributed by atoms with E-state index >= 15 is 4.39 Å². The van der Waals surface area contributed by atoms with E-state index in [0.29, 0.717) is 35.2 Å². The predicted molar refractivity (Wildman–Crippen MR) is 188 cm³/mol. The molecule has 1 N–H and O–H groups in total. The largest absolute Gasteiger partial charge is 0.497 e. The number of ether oxygens (including phenoxy) is 2. The van der Waals surface area contributed by atoms with Crippen molar-refractivity contribution < 1.29 is 23.0 Å². The molecule has 4 heterocycles. The second kappa shape index (κ2) is 14.0. The van der Waals surface area contributed by atoms with Crippen molar-refractivity contribution in [3.63, 3.8) is 0 Å². The lowest BCUT2D eigenvalue weighted by atomic mass is 10.2. The lowest BCUT2D eigenvalue weighted by molar-refractivity contribution is 0.102. The summed E-state index contributed by atoms with van der Waals surface area (Å²) >= 11 is 0. The predicted octanol–water partition coefficient (Wildman–Crippen LogP) is 5.50. The van der Waals surface area contributed by atoms with E-state index in [1.165, 1.54) is 48.7 Å². The highest BCUT2D eigenvalue weighted by molar-refractivity contribution is 6.04. The van der Waals surface area contributed by atoms with Gasteiger partial charge in [0, 0.05) is 49.3 Å². The lowest BCUT2D eigenvalue weighted by Crippen LogP contribution is -2.31. The molecule has 6 aromatic rings. The first kappa shape index (κ1) is 33.4. The number of halogens is 2. The van der Waals surface area contributed by atoms with Crippen LogP contribution in [0.2, 0.25) is 0 Å². The molecule has 1 fully saturated rings. The number of rotatable bonds is 10. The maximum atomic E-state index is 15.6. The molecule has 0 spiro atoms. The lowest BCUT2D eigenvalue weighted by Gasteiger charge is -2.20. The van der Waals surface area contributed by atoms with Crippen molar-refractivity contribution in [2.45, 2.75) is 19.0 Å². The van der Waals surface area contributed by atoms with Crippen LogP contribution in [0, 0.1) is 11.6 Å². The van der Waals surface area contributed by atoms with Crippen LogP contribution >= 0.6 is 0 Å². The molecule has 0 radical (unpaired) electrons. The van der Waals surface area contributed by atoms with Gasteiger partial charge in [-0.05, 0) is 80.7 Å². The maximum Gasteiger partial charge on any atom is 0.284 e. The number of benzene rings is 3. The van der Waals surface area contributed by atoms with Gasteiger partial charge in [0.2, 0.25) is 0 Å².